The second kappa shape index (κ2) is 8.42. The van der Waals surface area contributed by atoms with Crippen molar-refractivity contribution >= 4 is 35.1 Å². The summed E-state index contributed by atoms with van der Waals surface area (Å²) in [5.41, 5.74) is 6.24. The maximum Gasteiger partial charge on any atom is 0.271 e. The number of rotatable bonds is 5. The molecule has 5 nitrogen and oxygen atoms in total. The summed E-state index contributed by atoms with van der Waals surface area (Å²) in [5, 5.41) is 8.80. The molecule has 1 aromatic heterocycles. The van der Waals surface area contributed by atoms with Gasteiger partial charge in [0.1, 0.15) is 0 Å². The summed E-state index contributed by atoms with van der Waals surface area (Å²) in [7, 11) is 0. The molecular formula is C21H19N3O2S. The fourth-order valence-corrected chi connectivity index (χ4v) is 3.25. The van der Waals surface area contributed by atoms with Crippen molar-refractivity contribution in [1.82, 2.24) is 5.43 Å². The monoisotopic (exact) mass is 377 g/mol. The van der Waals surface area contributed by atoms with E-state index in [0.717, 1.165) is 16.0 Å². The lowest BCUT2D eigenvalue weighted by molar-refractivity contribution is 0.0954. The van der Waals surface area contributed by atoms with Crippen molar-refractivity contribution in [2.45, 2.75) is 13.8 Å². The third-order valence-corrected chi connectivity index (χ3v) is 5.00. The average molecular weight is 377 g/mol. The predicted octanol–water partition coefficient (Wildman–Crippen LogP) is 4.38. The van der Waals surface area contributed by atoms with Crippen molar-refractivity contribution in [3.63, 3.8) is 0 Å². The van der Waals surface area contributed by atoms with E-state index in [4.69, 9.17) is 0 Å². The molecule has 27 heavy (non-hydrogen) atoms. The molecule has 0 saturated heterocycles. The lowest BCUT2D eigenvalue weighted by Crippen LogP contribution is -2.18. The van der Waals surface area contributed by atoms with Crippen molar-refractivity contribution in [3.05, 3.63) is 87.1 Å². The minimum absolute atomic E-state index is 0.179. The Kier molecular flexibility index (Phi) is 5.78. The SMILES string of the molecule is Cc1ccccc1C(=O)Nc1ccc(C(=O)N/N=C/c2sccc2C)cc1. The van der Waals surface area contributed by atoms with Gasteiger partial charge in [-0.25, -0.2) is 5.43 Å². The summed E-state index contributed by atoms with van der Waals surface area (Å²) in [4.78, 5) is 25.5. The number of anilines is 1. The molecule has 2 amide bonds. The van der Waals surface area contributed by atoms with Gasteiger partial charge < -0.3 is 5.32 Å². The van der Waals surface area contributed by atoms with Crippen molar-refractivity contribution in [1.29, 1.82) is 0 Å². The fraction of sp³-hybridized carbons (Fsp3) is 0.0952. The van der Waals surface area contributed by atoms with Gasteiger partial charge in [0.05, 0.1) is 6.21 Å². The number of thiophene rings is 1. The second-order valence-corrected chi connectivity index (χ2v) is 6.96. The molecule has 0 bridgehead atoms. The van der Waals surface area contributed by atoms with Crippen LogP contribution in [0.5, 0.6) is 0 Å². The van der Waals surface area contributed by atoms with E-state index in [0.29, 0.717) is 16.8 Å². The fourth-order valence-electron chi connectivity index (χ4n) is 2.46. The zero-order valence-electron chi connectivity index (χ0n) is 15.0. The maximum absolute atomic E-state index is 12.3. The first kappa shape index (κ1) is 18.5. The third kappa shape index (κ3) is 4.68. The van der Waals surface area contributed by atoms with Crippen LogP contribution in [0.1, 0.15) is 36.7 Å². The Morgan fingerprint density at radius 1 is 0.926 bits per heavy atom. The molecule has 3 aromatic rings. The molecule has 0 radical (unpaired) electrons. The van der Waals surface area contributed by atoms with E-state index in [1.165, 1.54) is 0 Å². The highest BCUT2D eigenvalue weighted by molar-refractivity contribution is 7.11. The quantitative estimate of drug-likeness (QED) is 0.512. The van der Waals surface area contributed by atoms with E-state index in [2.05, 4.69) is 15.8 Å². The van der Waals surface area contributed by atoms with Gasteiger partial charge in [-0.1, -0.05) is 18.2 Å². The first-order valence-electron chi connectivity index (χ1n) is 8.39. The summed E-state index contributed by atoms with van der Waals surface area (Å²) in [6.45, 7) is 3.88. The molecule has 2 aromatic carbocycles. The van der Waals surface area contributed by atoms with Crippen LogP contribution in [0.15, 0.2) is 65.1 Å². The predicted molar refractivity (Wildman–Crippen MR) is 110 cm³/mol. The number of carbonyl (C=O) groups excluding carboxylic acids is 2. The summed E-state index contributed by atoms with van der Waals surface area (Å²) in [5.74, 6) is -0.488. The lowest BCUT2D eigenvalue weighted by atomic mass is 10.1. The van der Waals surface area contributed by atoms with E-state index < -0.39 is 0 Å². The van der Waals surface area contributed by atoms with E-state index in [-0.39, 0.29) is 11.8 Å². The van der Waals surface area contributed by atoms with Crippen LogP contribution in [0.3, 0.4) is 0 Å². The molecule has 0 fully saturated rings. The number of hydrogen-bond donors (Lipinski definition) is 2. The summed E-state index contributed by atoms with van der Waals surface area (Å²) in [6, 6.07) is 16.1. The van der Waals surface area contributed by atoms with Gasteiger partial charge in [0.15, 0.2) is 0 Å². The lowest BCUT2D eigenvalue weighted by Gasteiger charge is -2.08. The Bertz CT molecular complexity index is 991. The van der Waals surface area contributed by atoms with Gasteiger partial charge in [0, 0.05) is 21.7 Å². The minimum Gasteiger partial charge on any atom is -0.322 e. The van der Waals surface area contributed by atoms with Crippen LogP contribution in [-0.2, 0) is 0 Å². The first-order valence-corrected chi connectivity index (χ1v) is 9.27. The Morgan fingerprint density at radius 3 is 2.33 bits per heavy atom. The van der Waals surface area contributed by atoms with Gasteiger partial charge in [0.25, 0.3) is 11.8 Å². The number of benzene rings is 2. The molecule has 0 spiro atoms. The summed E-state index contributed by atoms with van der Waals surface area (Å²) >= 11 is 1.56. The van der Waals surface area contributed by atoms with E-state index in [1.807, 2.05) is 43.5 Å². The van der Waals surface area contributed by atoms with Crippen LogP contribution in [0, 0.1) is 13.8 Å². The normalized spacial score (nSPS) is 10.7. The van der Waals surface area contributed by atoms with Crippen LogP contribution in [0.4, 0.5) is 5.69 Å². The summed E-state index contributed by atoms with van der Waals surface area (Å²) in [6.07, 6.45) is 1.63. The van der Waals surface area contributed by atoms with Crippen molar-refractivity contribution in [3.8, 4) is 0 Å². The number of nitrogens with zero attached hydrogens (tertiary/aromatic N) is 1. The molecule has 3 rings (SSSR count). The number of hydrazone groups is 1. The van der Waals surface area contributed by atoms with Crippen LogP contribution in [-0.4, -0.2) is 18.0 Å². The molecule has 0 aliphatic carbocycles. The molecule has 1 heterocycles. The van der Waals surface area contributed by atoms with Gasteiger partial charge in [-0.2, -0.15) is 5.10 Å². The topological polar surface area (TPSA) is 70.6 Å². The number of hydrogen-bond acceptors (Lipinski definition) is 4. The van der Waals surface area contributed by atoms with Gasteiger partial charge in [-0.15, -0.1) is 11.3 Å². The van der Waals surface area contributed by atoms with Gasteiger partial charge in [-0.3, -0.25) is 9.59 Å². The Balaban J connectivity index is 1.60. The molecule has 6 heteroatoms. The Hall–Kier alpha value is -3.25. The standard InChI is InChI=1S/C21H19N3O2S/c1-14-5-3-4-6-18(14)21(26)23-17-9-7-16(8-10-17)20(25)24-22-13-19-15(2)11-12-27-19/h3-13H,1-2H3,(H,23,26)(H,24,25)/b22-13+. The number of carbonyl (C=O) groups is 2. The van der Waals surface area contributed by atoms with E-state index in [1.54, 1.807) is 47.9 Å². The Morgan fingerprint density at radius 2 is 1.67 bits per heavy atom. The minimum atomic E-state index is -0.308. The average Bonchev–Trinajstić information content (AvgIpc) is 3.07. The molecule has 0 aliphatic heterocycles. The molecule has 0 aliphatic rings. The molecular weight excluding hydrogens is 358 g/mol. The first-order chi connectivity index (χ1) is 13.0. The highest BCUT2D eigenvalue weighted by Gasteiger charge is 2.09. The Labute approximate surface area is 161 Å². The number of amides is 2. The molecule has 0 saturated carbocycles. The van der Waals surface area contributed by atoms with Crippen LogP contribution >= 0.6 is 11.3 Å². The molecule has 0 unspecified atom stereocenters. The van der Waals surface area contributed by atoms with Gasteiger partial charge in [-0.05, 0) is 66.8 Å². The zero-order chi connectivity index (χ0) is 19.2. The largest absolute Gasteiger partial charge is 0.322 e. The number of aryl methyl sites for hydroxylation is 2. The van der Waals surface area contributed by atoms with Crippen LogP contribution in [0.25, 0.3) is 0 Å². The van der Waals surface area contributed by atoms with E-state index >= 15 is 0 Å². The van der Waals surface area contributed by atoms with Gasteiger partial charge >= 0.3 is 0 Å². The van der Waals surface area contributed by atoms with Crippen molar-refractivity contribution in [2.75, 3.05) is 5.32 Å². The van der Waals surface area contributed by atoms with Crippen molar-refractivity contribution < 1.29 is 9.59 Å². The van der Waals surface area contributed by atoms with Crippen molar-refractivity contribution in [2.24, 2.45) is 5.10 Å². The highest BCUT2D eigenvalue weighted by atomic mass is 32.1. The second-order valence-electron chi connectivity index (χ2n) is 6.01. The van der Waals surface area contributed by atoms with E-state index in [9.17, 15) is 9.59 Å². The number of nitrogens with one attached hydrogen (secondary N) is 2. The van der Waals surface area contributed by atoms with Gasteiger partial charge in [0.2, 0.25) is 0 Å². The molecule has 0 atom stereocenters. The molecule has 136 valence electrons. The maximum atomic E-state index is 12.3. The third-order valence-electron chi connectivity index (χ3n) is 4.04. The summed E-state index contributed by atoms with van der Waals surface area (Å²) < 4.78 is 0. The smallest absolute Gasteiger partial charge is 0.271 e. The van der Waals surface area contributed by atoms with Crippen LogP contribution < -0.4 is 10.7 Å². The molecule has 2 N–H and O–H groups in total. The van der Waals surface area contributed by atoms with Crippen LogP contribution in [0.2, 0.25) is 0 Å². The highest BCUT2D eigenvalue weighted by Crippen LogP contribution is 2.14. The zero-order valence-corrected chi connectivity index (χ0v) is 15.8.